The van der Waals surface area contributed by atoms with Crippen LogP contribution in [0.2, 0.25) is 0 Å². The molecule has 0 aliphatic rings. The number of nitrogens with two attached hydrogens (primary N) is 1. The van der Waals surface area contributed by atoms with Gasteiger partial charge in [-0.15, -0.1) is 12.4 Å². The zero-order chi connectivity index (χ0) is 12.5. The van der Waals surface area contributed by atoms with Crippen LogP contribution in [0, 0.1) is 0 Å². The van der Waals surface area contributed by atoms with E-state index in [9.17, 15) is 4.79 Å². The minimum atomic E-state index is -0.125. The minimum absolute atomic E-state index is 0. The van der Waals surface area contributed by atoms with Crippen LogP contribution in [0.1, 0.15) is 10.4 Å². The SMILES string of the molecule is COCCOCCNC(=O)c1ccc(N)cc1.Cl. The lowest BCUT2D eigenvalue weighted by molar-refractivity contribution is 0.0692. The molecule has 0 spiro atoms. The maximum Gasteiger partial charge on any atom is 0.251 e. The predicted molar refractivity (Wildman–Crippen MR) is 73.1 cm³/mol. The molecular formula is C12H19ClN2O3. The van der Waals surface area contributed by atoms with Crippen LogP contribution < -0.4 is 11.1 Å². The Labute approximate surface area is 113 Å². The maximum atomic E-state index is 11.6. The van der Waals surface area contributed by atoms with Crippen LogP contribution in [-0.4, -0.2) is 39.4 Å². The molecule has 1 amide bonds. The van der Waals surface area contributed by atoms with E-state index in [1.54, 1.807) is 31.4 Å². The van der Waals surface area contributed by atoms with E-state index in [0.29, 0.717) is 37.6 Å². The van der Waals surface area contributed by atoms with Gasteiger partial charge in [0.1, 0.15) is 0 Å². The van der Waals surface area contributed by atoms with Gasteiger partial charge in [0.2, 0.25) is 0 Å². The molecule has 18 heavy (non-hydrogen) atoms. The van der Waals surface area contributed by atoms with Crippen LogP contribution >= 0.6 is 12.4 Å². The van der Waals surface area contributed by atoms with Crippen molar-refractivity contribution < 1.29 is 14.3 Å². The van der Waals surface area contributed by atoms with Crippen molar-refractivity contribution in [3.8, 4) is 0 Å². The van der Waals surface area contributed by atoms with E-state index in [1.165, 1.54) is 0 Å². The monoisotopic (exact) mass is 274 g/mol. The molecule has 0 saturated carbocycles. The summed E-state index contributed by atoms with van der Waals surface area (Å²) in [6.07, 6.45) is 0. The predicted octanol–water partition coefficient (Wildman–Crippen LogP) is 1.08. The number of methoxy groups -OCH3 is 1. The second-order valence-electron chi connectivity index (χ2n) is 3.48. The molecule has 0 heterocycles. The highest BCUT2D eigenvalue weighted by molar-refractivity contribution is 5.94. The lowest BCUT2D eigenvalue weighted by Crippen LogP contribution is -2.27. The number of anilines is 1. The molecule has 0 unspecified atom stereocenters. The smallest absolute Gasteiger partial charge is 0.251 e. The molecule has 0 radical (unpaired) electrons. The Morgan fingerprint density at radius 3 is 2.50 bits per heavy atom. The zero-order valence-corrected chi connectivity index (χ0v) is 11.2. The quantitative estimate of drug-likeness (QED) is 0.576. The molecule has 1 rings (SSSR count). The number of nitrogens with one attached hydrogen (secondary N) is 1. The van der Waals surface area contributed by atoms with E-state index in [2.05, 4.69) is 5.32 Å². The highest BCUT2D eigenvalue weighted by Crippen LogP contribution is 2.04. The summed E-state index contributed by atoms with van der Waals surface area (Å²) in [5.74, 6) is -0.125. The largest absolute Gasteiger partial charge is 0.399 e. The zero-order valence-electron chi connectivity index (χ0n) is 10.3. The number of hydrogen-bond donors (Lipinski definition) is 2. The summed E-state index contributed by atoms with van der Waals surface area (Å²) in [5.41, 5.74) is 6.77. The number of carbonyl (C=O) groups is 1. The molecule has 0 aliphatic carbocycles. The molecule has 0 atom stereocenters. The first kappa shape index (κ1) is 16.7. The summed E-state index contributed by atoms with van der Waals surface area (Å²) in [7, 11) is 1.62. The van der Waals surface area contributed by atoms with Gasteiger partial charge >= 0.3 is 0 Å². The average molecular weight is 275 g/mol. The summed E-state index contributed by atoms with van der Waals surface area (Å²) in [4.78, 5) is 11.6. The molecule has 0 bridgehead atoms. The molecule has 102 valence electrons. The number of ether oxygens (including phenoxy) is 2. The summed E-state index contributed by atoms with van der Waals surface area (Å²) in [5, 5.41) is 2.75. The van der Waals surface area contributed by atoms with Gasteiger partial charge in [0.05, 0.1) is 19.8 Å². The van der Waals surface area contributed by atoms with Gasteiger partial charge in [-0.1, -0.05) is 0 Å². The fourth-order valence-corrected chi connectivity index (χ4v) is 1.22. The van der Waals surface area contributed by atoms with Crippen molar-refractivity contribution in [2.24, 2.45) is 0 Å². The Morgan fingerprint density at radius 1 is 1.22 bits per heavy atom. The van der Waals surface area contributed by atoms with E-state index in [1.807, 2.05) is 0 Å². The van der Waals surface area contributed by atoms with Gasteiger partial charge in [-0.05, 0) is 24.3 Å². The Morgan fingerprint density at radius 2 is 1.89 bits per heavy atom. The molecule has 1 aromatic rings. The lowest BCUT2D eigenvalue weighted by atomic mass is 10.2. The molecule has 0 fully saturated rings. The second kappa shape index (κ2) is 9.70. The van der Waals surface area contributed by atoms with Crippen molar-refractivity contribution in [3.05, 3.63) is 29.8 Å². The summed E-state index contributed by atoms with van der Waals surface area (Å²) in [6, 6.07) is 6.78. The number of carbonyl (C=O) groups excluding carboxylic acids is 1. The third-order valence-corrected chi connectivity index (χ3v) is 2.14. The Kier molecular flexibility index (Phi) is 9.00. The molecule has 3 N–H and O–H groups in total. The third kappa shape index (κ3) is 6.44. The fourth-order valence-electron chi connectivity index (χ4n) is 1.22. The lowest BCUT2D eigenvalue weighted by Gasteiger charge is -2.06. The topological polar surface area (TPSA) is 73.6 Å². The number of halogens is 1. The highest BCUT2D eigenvalue weighted by atomic mass is 35.5. The second-order valence-corrected chi connectivity index (χ2v) is 3.48. The van der Waals surface area contributed by atoms with E-state index in [-0.39, 0.29) is 18.3 Å². The van der Waals surface area contributed by atoms with Crippen molar-refractivity contribution in [2.45, 2.75) is 0 Å². The Bertz CT molecular complexity index is 344. The third-order valence-electron chi connectivity index (χ3n) is 2.14. The summed E-state index contributed by atoms with van der Waals surface area (Å²) in [6.45, 7) is 2.05. The number of benzene rings is 1. The van der Waals surface area contributed by atoms with Crippen molar-refractivity contribution >= 4 is 24.0 Å². The minimum Gasteiger partial charge on any atom is -0.399 e. The van der Waals surface area contributed by atoms with Crippen molar-refractivity contribution in [1.82, 2.24) is 5.32 Å². The van der Waals surface area contributed by atoms with Gasteiger partial charge in [-0.3, -0.25) is 4.79 Å². The molecule has 6 heteroatoms. The first-order valence-corrected chi connectivity index (χ1v) is 5.44. The van der Waals surface area contributed by atoms with Crippen molar-refractivity contribution in [3.63, 3.8) is 0 Å². The van der Waals surface area contributed by atoms with Gasteiger partial charge < -0.3 is 20.5 Å². The molecule has 0 saturated heterocycles. The van der Waals surface area contributed by atoms with Gasteiger partial charge in [0, 0.05) is 24.9 Å². The number of hydrogen-bond acceptors (Lipinski definition) is 4. The van der Waals surface area contributed by atoms with Crippen molar-refractivity contribution in [2.75, 3.05) is 39.2 Å². The van der Waals surface area contributed by atoms with Crippen molar-refractivity contribution in [1.29, 1.82) is 0 Å². The van der Waals surface area contributed by atoms with Crippen LogP contribution in [0.15, 0.2) is 24.3 Å². The van der Waals surface area contributed by atoms with Crippen LogP contribution in [0.4, 0.5) is 5.69 Å². The molecule has 0 aromatic heterocycles. The van der Waals surface area contributed by atoms with Gasteiger partial charge in [0.15, 0.2) is 0 Å². The first-order chi connectivity index (χ1) is 8.24. The van der Waals surface area contributed by atoms with E-state index in [0.717, 1.165) is 0 Å². The summed E-state index contributed by atoms with van der Waals surface area (Å²) >= 11 is 0. The van der Waals surface area contributed by atoms with Gasteiger partial charge in [0.25, 0.3) is 5.91 Å². The fraction of sp³-hybridized carbons (Fsp3) is 0.417. The Balaban J connectivity index is 0.00000289. The Hall–Kier alpha value is -1.30. The average Bonchev–Trinajstić information content (AvgIpc) is 2.34. The first-order valence-electron chi connectivity index (χ1n) is 5.44. The number of amides is 1. The molecule has 1 aromatic carbocycles. The van der Waals surface area contributed by atoms with Crippen LogP contribution in [0.3, 0.4) is 0 Å². The number of rotatable bonds is 7. The molecule has 0 aliphatic heterocycles. The van der Waals surface area contributed by atoms with E-state index >= 15 is 0 Å². The van der Waals surface area contributed by atoms with Crippen LogP contribution in [0.25, 0.3) is 0 Å². The maximum absolute atomic E-state index is 11.6. The van der Waals surface area contributed by atoms with Crippen LogP contribution in [0.5, 0.6) is 0 Å². The standard InChI is InChI=1S/C12H18N2O3.ClH/c1-16-8-9-17-7-6-14-12(15)10-2-4-11(13)5-3-10;/h2-5H,6-9,13H2,1H3,(H,14,15);1H. The number of nitrogen functional groups attached to an aromatic ring is 1. The summed E-state index contributed by atoms with van der Waals surface area (Å²) < 4.78 is 10.0. The highest BCUT2D eigenvalue weighted by Gasteiger charge is 2.03. The molecule has 5 nitrogen and oxygen atoms in total. The van der Waals surface area contributed by atoms with E-state index < -0.39 is 0 Å². The molecular weight excluding hydrogens is 256 g/mol. The van der Waals surface area contributed by atoms with Crippen LogP contribution in [-0.2, 0) is 9.47 Å². The van der Waals surface area contributed by atoms with E-state index in [4.69, 9.17) is 15.2 Å². The normalized spacial score (nSPS) is 9.61. The van der Waals surface area contributed by atoms with Gasteiger partial charge in [-0.25, -0.2) is 0 Å². The van der Waals surface area contributed by atoms with Gasteiger partial charge in [-0.2, -0.15) is 0 Å².